The highest BCUT2D eigenvalue weighted by Crippen LogP contribution is 2.26. The molecule has 3 aromatic carbocycles. The number of benzene rings is 3. The van der Waals surface area contributed by atoms with Crippen LogP contribution in [0.4, 0.5) is 10.8 Å². The molecule has 0 aliphatic carbocycles. The molecule has 0 radical (unpaired) electrons. The fourth-order valence-electron chi connectivity index (χ4n) is 3.70. The van der Waals surface area contributed by atoms with Crippen molar-refractivity contribution in [3.63, 3.8) is 0 Å². The number of hydrogen-bond acceptors (Lipinski definition) is 7. The zero-order chi connectivity index (χ0) is 28.4. The highest BCUT2D eigenvalue weighted by Gasteiger charge is 2.16. The van der Waals surface area contributed by atoms with E-state index in [1.54, 1.807) is 60.7 Å². The fraction of sp³-hybridized carbons (Fsp3) is 0.0323. The van der Waals surface area contributed by atoms with E-state index in [4.69, 9.17) is 4.42 Å². The predicted molar refractivity (Wildman–Crippen MR) is 163 cm³/mol. The molecule has 204 valence electrons. The van der Waals surface area contributed by atoms with E-state index in [0.717, 1.165) is 16.2 Å². The van der Waals surface area contributed by atoms with Gasteiger partial charge in [0.05, 0.1) is 17.7 Å². The molecule has 3 N–H and O–H groups in total. The van der Waals surface area contributed by atoms with Gasteiger partial charge in [0.2, 0.25) is 5.91 Å². The van der Waals surface area contributed by atoms with Crippen molar-refractivity contribution in [1.29, 1.82) is 0 Å². The third-order valence-electron chi connectivity index (χ3n) is 5.64. The Morgan fingerprint density at radius 2 is 1.66 bits per heavy atom. The SMILES string of the molecule is O=C(CSc1cccc(NC(=O)/C(=C/c2ccco2)NC(=O)c2ccccc2)c1)Nc1nc(-c2ccccc2)cs1. The van der Waals surface area contributed by atoms with Crippen LogP contribution in [0.15, 0.2) is 124 Å². The summed E-state index contributed by atoms with van der Waals surface area (Å²) in [4.78, 5) is 43.8. The number of rotatable bonds is 10. The Morgan fingerprint density at radius 3 is 2.41 bits per heavy atom. The summed E-state index contributed by atoms with van der Waals surface area (Å²) in [6.45, 7) is 0. The van der Waals surface area contributed by atoms with E-state index in [1.165, 1.54) is 35.4 Å². The first-order chi connectivity index (χ1) is 20.0. The third kappa shape index (κ3) is 7.81. The second-order valence-corrected chi connectivity index (χ2v) is 10.5. The number of nitrogens with one attached hydrogen (secondary N) is 3. The molecule has 0 bridgehead atoms. The van der Waals surface area contributed by atoms with Crippen LogP contribution in [0.25, 0.3) is 17.3 Å². The van der Waals surface area contributed by atoms with Crippen LogP contribution in [0.3, 0.4) is 0 Å². The van der Waals surface area contributed by atoms with Gasteiger partial charge in [-0.3, -0.25) is 14.4 Å². The van der Waals surface area contributed by atoms with Gasteiger partial charge in [-0.05, 0) is 42.5 Å². The molecule has 0 aliphatic rings. The minimum absolute atomic E-state index is 0.0181. The van der Waals surface area contributed by atoms with E-state index in [0.29, 0.717) is 22.1 Å². The third-order valence-corrected chi connectivity index (χ3v) is 7.39. The van der Waals surface area contributed by atoms with Crippen LogP contribution in [-0.4, -0.2) is 28.5 Å². The molecule has 0 saturated carbocycles. The number of amides is 3. The van der Waals surface area contributed by atoms with Gasteiger partial charge in [0.1, 0.15) is 11.5 Å². The molecule has 0 aliphatic heterocycles. The van der Waals surface area contributed by atoms with E-state index >= 15 is 0 Å². The molecule has 41 heavy (non-hydrogen) atoms. The molecule has 0 saturated heterocycles. The van der Waals surface area contributed by atoms with Crippen LogP contribution in [0.1, 0.15) is 16.1 Å². The number of hydrogen-bond donors (Lipinski definition) is 3. The maximum absolute atomic E-state index is 13.2. The molecular weight excluding hydrogens is 556 g/mol. The lowest BCUT2D eigenvalue weighted by Crippen LogP contribution is -2.30. The van der Waals surface area contributed by atoms with Crippen LogP contribution in [-0.2, 0) is 9.59 Å². The van der Waals surface area contributed by atoms with Crippen molar-refractivity contribution in [3.8, 4) is 11.3 Å². The fourth-order valence-corrected chi connectivity index (χ4v) is 5.19. The van der Waals surface area contributed by atoms with Gasteiger partial charge in [-0.1, -0.05) is 54.6 Å². The normalized spacial score (nSPS) is 11.1. The summed E-state index contributed by atoms with van der Waals surface area (Å²) in [6, 6.07) is 28.8. The highest BCUT2D eigenvalue weighted by atomic mass is 32.2. The van der Waals surface area contributed by atoms with Crippen LogP contribution in [0.5, 0.6) is 0 Å². The van der Waals surface area contributed by atoms with Gasteiger partial charge in [-0.25, -0.2) is 4.98 Å². The molecule has 0 unspecified atom stereocenters. The quantitative estimate of drug-likeness (QED) is 0.128. The minimum atomic E-state index is -0.524. The van der Waals surface area contributed by atoms with E-state index in [1.807, 2.05) is 41.8 Å². The van der Waals surface area contributed by atoms with Gasteiger partial charge >= 0.3 is 0 Å². The van der Waals surface area contributed by atoms with Crippen molar-refractivity contribution in [1.82, 2.24) is 10.3 Å². The average molecular weight is 581 g/mol. The smallest absolute Gasteiger partial charge is 0.272 e. The van der Waals surface area contributed by atoms with Crippen LogP contribution in [0.2, 0.25) is 0 Å². The Kier molecular flexibility index (Phi) is 9.05. The molecule has 8 nitrogen and oxygen atoms in total. The number of aromatic nitrogens is 1. The molecule has 5 rings (SSSR count). The van der Waals surface area contributed by atoms with Crippen molar-refractivity contribution in [3.05, 3.63) is 126 Å². The summed E-state index contributed by atoms with van der Waals surface area (Å²) in [6.07, 6.45) is 2.94. The Hall–Kier alpha value is -4.93. The minimum Gasteiger partial charge on any atom is -0.465 e. The average Bonchev–Trinajstić information content (AvgIpc) is 3.69. The maximum Gasteiger partial charge on any atom is 0.272 e. The first kappa shape index (κ1) is 27.6. The molecule has 2 aromatic heterocycles. The molecule has 0 spiro atoms. The van der Waals surface area contributed by atoms with Gasteiger partial charge in [0.25, 0.3) is 11.8 Å². The largest absolute Gasteiger partial charge is 0.465 e. The molecular formula is C31H24N4O4S2. The maximum atomic E-state index is 13.2. The zero-order valence-corrected chi connectivity index (χ0v) is 23.2. The van der Waals surface area contributed by atoms with Gasteiger partial charge < -0.3 is 20.4 Å². The lowest BCUT2D eigenvalue weighted by atomic mass is 10.2. The Balaban J connectivity index is 1.20. The van der Waals surface area contributed by atoms with Gasteiger partial charge in [-0.2, -0.15) is 0 Å². The van der Waals surface area contributed by atoms with E-state index < -0.39 is 11.8 Å². The summed E-state index contributed by atoms with van der Waals surface area (Å²) >= 11 is 2.69. The highest BCUT2D eigenvalue weighted by molar-refractivity contribution is 8.00. The van der Waals surface area contributed by atoms with Gasteiger partial charge in [-0.15, -0.1) is 23.1 Å². The van der Waals surface area contributed by atoms with Gasteiger partial charge in [0, 0.05) is 33.2 Å². The van der Waals surface area contributed by atoms with Crippen LogP contribution >= 0.6 is 23.1 Å². The lowest BCUT2D eigenvalue weighted by Gasteiger charge is -2.12. The Morgan fingerprint density at radius 1 is 0.878 bits per heavy atom. The lowest BCUT2D eigenvalue weighted by molar-refractivity contribution is -0.114. The molecule has 0 fully saturated rings. The molecule has 2 heterocycles. The topological polar surface area (TPSA) is 113 Å². The standard InChI is InChI=1S/C31H24N4O4S2/c36-28(35-31-34-27(19-41-31)21-9-3-1-4-10-21)20-40-25-15-7-13-23(17-25)32-30(38)26(18-24-14-8-16-39-24)33-29(37)22-11-5-2-6-12-22/h1-19H,20H2,(H,32,38)(H,33,37)(H,34,35,36)/b26-18-. The summed E-state index contributed by atoms with van der Waals surface area (Å²) in [5.41, 5.74) is 2.73. The van der Waals surface area contributed by atoms with Crippen molar-refractivity contribution >= 4 is 57.7 Å². The van der Waals surface area contributed by atoms with Crippen molar-refractivity contribution in [2.75, 3.05) is 16.4 Å². The van der Waals surface area contributed by atoms with Gasteiger partial charge in [0.15, 0.2) is 5.13 Å². The first-order valence-electron chi connectivity index (χ1n) is 12.5. The van der Waals surface area contributed by atoms with Crippen LogP contribution in [0, 0.1) is 0 Å². The zero-order valence-electron chi connectivity index (χ0n) is 21.6. The van der Waals surface area contributed by atoms with E-state index in [2.05, 4.69) is 20.9 Å². The number of thiazole rings is 1. The van der Waals surface area contributed by atoms with E-state index in [-0.39, 0.29) is 17.4 Å². The van der Waals surface area contributed by atoms with Crippen molar-refractivity contribution < 1.29 is 18.8 Å². The summed E-state index contributed by atoms with van der Waals surface area (Å²) in [7, 11) is 0. The molecule has 0 atom stereocenters. The number of anilines is 2. The van der Waals surface area contributed by atoms with Crippen molar-refractivity contribution in [2.45, 2.75) is 4.90 Å². The number of furan rings is 1. The second kappa shape index (κ2) is 13.4. The van der Waals surface area contributed by atoms with Crippen LogP contribution < -0.4 is 16.0 Å². The number of carbonyl (C=O) groups is 3. The number of carbonyl (C=O) groups excluding carboxylic acids is 3. The predicted octanol–water partition coefficient (Wildman–Crippen LogP) is 6.54. The first-order valence-corrected chi connectivity index (χ1v) is 14.4. The molecule has 3 amide bonds. The Labute approximate surface area is 244 Å². The number of thioether (sulfide) groups is 1. The molecule has 5 aromatic rings. The summed E-state index contributed by atoms with van der Waals surface area (Å²) in [5, 5.41) is 10.8. The monoisotopic (exact) mass is 580 g/mol. The van der Waals surface area contributed by atoms with E-state index in [9.17, 15) is 14.4 Å². The summed E-state index contributed by atoms with van der Waals surface area (Å²) in [5.74, 6) is -0.566. The summed E-state index contributed by atoms with van der Waals surface area (Å²) < 4.78 is 5.34. The van der Waals surface area contributed by atoms with Crippen molar-refractivity contribution in [2.24, 2.45) is 0 Å². The molecule has 10 heteroatoms. The number of nitrogens with zero attached hydrogens (tertiary/aromatic N) is 1. The Bertz CT molecular complexity index is 1670. The second-order valence-electron chi connectivity index (χ2n) is 8.62.